The Morgan fingerprint density at radius 2 is 1.84 bits per heavy atom. The van der Waals surface area contributed by atoms with Gasteiger partial charge in [-0.1, -0.05) is 6.07 Å². The van der Waals surface area contributed by atoms with Crippen molar-refractivity contribution in [2.75, 3.05) is 31.6 Å². The molecule has 1 amide bonds. The Balaban J connectivity index is 1.66. The highest BCUT2D eigenvalue weighted by atomic mass is 19.4. The number of hydrogen-bond acceptors (Lipinski definition) is 6. The Bertz CT molecular complexity index is 1370. The number of carbonyl (C=O) groups is 1. The molecular weight excluding hydrogens is 501 g/mol. The molecule has 0 radical (unpaired) electrons. The van der Waals surface area contributed by atoms with Crippen LogP contribution in [0.4, 0.5) is 24.5 Å². The number of hydrogen-bond donors (Lipinski definition) is 1. The fraction of sp³-hybridized carbons (Fsp3) is 0.259. The molecule has 38 heavy (non-hydrogen) atoms. The van der Waals surface area contributed by atoms with Gasteiger partial charge in [-0.3, -0.25) is 14.9 Å². The van der Waals surface area contributed by atoms with Gasteiger partial charge < -0.3 is 15.0 Å². The fourth-order valence-electron chi connectivity index (χ4n) is 4.37. The minimum Gasteiger partial charge on any atom is -0.378 e. The van der Waals surface area contributed by atoms with E-state index in [1.165, 1.54) is 30.3 Å². The summed E-state index contributed by atoms with van der Waals surface area (Å²) in [6.07, 6.45) is -0.0196. The molecule has 0 saturated carbocycles. The van der Waals surface area contributed by atoms with Crippen molar-refractivity contribution in [1.82, 2.24) is 4.90 Å². The molecule has 2 aromatic rings. The van der Waals surface area contributed by atoms with Gasteiger partial charge in [-0.25, -0.2) is 0 Å². The molecule has 0 aromatic heterocycles. The van der Waals surface area contributed by atoms with E-state index in [4.69, 9.17) is 4.74 Å². The smallest absolute Gasteiger partial charge is 0.378 e. The van der Waals surface area contributed by atoms with Gasteiger partial charge in [-0.05, 0) is 72.0 Å². The minimum atomic E-state index is -4.57. The first kappa shape index (κ1) is 26.6. The van der Waals surface area contributed by atoms with Gasteiger partial charge in [0.25, 0.3) is 11.6 Å². The number of anilines is 1. The molecule has 4 rings (SSSR count). The van der Waals surface area contributed by atoms with E-state index in [0.717, 1.165) is 34.5 Å². The number of nitrogens with one attached hydrogen (secondary N) is 1. The highest BCUT2D eigenvalue weighted by Crippen LogP contribution is 2.37. The maximum absolute atomic E-state index is 13.0. The predicted octanol–water partition coefficient (Wildman–Crippen LogP) is 5.47. The van der Waals surface area contributed by atoms with E-state index < -0.39 is 22.6 Å². The number of alkyl halides is 3. The highest BCUT2D eigenvalue weighted by Gasteiger charge is 2.31. The summed E-state index contributed by atoms with van der Waals surface area (Å²) in [5, 5.41) is 23.1. The normalized spacial score (nSPS) is 17.5. The maximum Gasteiger partial charge on any atom is 0.416 e. The van der Waals surface area contributed by atoms with E-state index in [0.29, 0.717) is 39.1 Å². The van der Waals surface area contributed by atoms with E-state index in [1.54, 1.807) is 12.1 Å². The molecule has 0 bridgehead atoms. The van der Waals surface area contributed by atoms with E-state index >= 15 is 0 Å². The number of rotatable bonds is 6. The standard InChI is InChI=1S/C27H23F3N4O4/c28-27(29,30)22-2-1-3-23(16-22)32-26(35)21(17-31)15-20-7-6-19(25(20)33-10-12-38-13-11-33)14-18-4-8-24(9-5-18)34(36)37/h1-5,8-9,14-16H,6-7,10-13H2,(H,32,35)/b19-14+,21-15+. The summed E-state index contributed by atoms with van der Waals surface area (Å²) in [4.78, 5) is 25.4. The Labute approximate surface area is 216 Å². The molecule has 1 aliphatic carbocycles. The maximum atomic E-state index is 13.0. The second kappa shape index (κ2) is 11.3. The van der Waals surface area contributed by atoms with Crippen LogP contribution in [0.25, 0.3) is 6.08 Å². The van der Waals surface area contributed by atoms with Crippen LogP contribution >= 0.6 is 0 Å². The number of benzene rings is 2. The van der Waals surface area contributed by atoms with Gasteiger partial charge in [0.2, 0.25) is 0 Å². The van der Waals surface area contributed by atoms with Crippen LogP contribution < -0.4 is 5.32 Å². The average molecular weight is 524 g/mol. The first-order chi connectivity index (χ1) is 18.2. The van der Waals surface area contributed by atoms with Gasteiger partial charge in [0, 0.05) is 36.6 Å². The van der Waals surface area contributed by atoms with Gasteiger partial charge in [-0.15, -0.1) is 0 Å². The van der Waals surface area contributed by atoms with Gasteiger partial charge in [0.15, 0.2) is 0 Å². The summed E-state index contributed by atoms with van der Waals surface area (Å²) in [6.45, 7) is 2.21. The molecule has 2 aromatic carbocycles. The molecule has 1 N–H and O–H groups in total. The van der Waals surface area contributed by atoms with Crippen molar-refractivity contribution >= 4 is 23.4 Å². The molecule has 1 saturated heterocycles. The number of non-ortho nitro benzene ring substituents is 1. The number of morpholine rings is 1. The molecule has 196 valence electrons. The molecule has 0 spiro atoms. The highest BCUT2D eigenvalue weighted by molar-refractivity contribution is 6.07. The monoisotopic (exact) mass is 524 g/mol. The van der Waals surface area contributed by atoms with Gasteiger partial charge in [0.1, 0.15) is 11.6 Å². The lowest BCUT2D eigenvalue weighted by atomic mass is 10.1. The summed E-state index contributed by atoms with van der Waals surface area (Å²) >= 11 is 0. The van der Waals surface area contributed by atoms with Crippen LogP contribution in [0, 0.1) is 21.4 Å². The quantitative estimate of drug-likeness (QED) is 0.233. The lowest BCUT2D eigenvalue weighted by molar-refractivity contribution is -0.384. The molecule has 1 fully saturated rings. The van der Waals surface area contributed by atoms with Crippen molar-refractivity contribution in [2.45, 2.75) is 19.0 Å². The van der Waals surface area contributed by atoms with Crippen molar-refractivity contribution in [3.05, 3.63) is 98.3 Å². The third-order valence-electron chi connectivity index (χ3n) is 6.18. The Hall–Kier alpha value is -4.43. The summed E-state index contributed by atoms with van der Waals surface area (Å²) in [5.41, 5.74) is 2.08. The Morgan fingerprint density at radius 1 is 1.13 bits per heavy atom. The Morgan fingerprint density at radius 3 is 2.47 bits per heavy atom. The molecular formula is C27H23F3N4O4. The van der Waals surface area contributed by atoms with Crippen LogP contribution in [-0.4, -0.2) is 42.0 Å². The molecule has 0 unspecified atom stereocenters. The number of ether oxygens (including phenoxy) is 1. The number of nitrogens with zero attached hydrogens (tertiary/aromatic N) is 3. The number of allylic oxidation sites excluding steroid dienone is 3. The van der Waals surface area contributed by atoms with E-state index in [9.17, 15) is 33.3 Å². The second-order valence-corrected chi connectivity index (χ2v) is 8.69. The van der Waals surface area contributed by atoms with Crippen molar-refractivity contribution in [2.24, 2.45) is 0 Å². The Kier molecular flexibility index (Phi) is 7.93. The molecule has 8 nitrogen and oxygen atoms in total. The molecule has 1 aliphatic heterocycles. The first-order valence-electron chi connectivity index (χ1n) is 11.8. The number of nitro benzene ring substituents is 1. The van der Waals surface area contributed by atoms with E-state index in [-0.39, 0.29) is 16.9 Å². The number of halogens is 3. The third-order valence-corrected chi connectivity index (χ3v) is 6.18. The lowest BCUT2D eigenvalue weighted by Gasteiger charge is -2.31. The number of carbonyl (C=O) groups excluding carboxylic acids is 1. The molecule has 0 atom stereocenters. The summed E-state index contributed by atoms with van der Waals surface area (Å²) in [6, 6.07) is 12.2. The van der Waals surface area contributed by atoms with Crippen LogP contribution in [0.5, 0.6) is 0 Å². The predicted molar refractivity (Wildman–Crippen MR) is 133 cm³/mol. The van der Waals surface area contributed by atoms with Crippen molar-refractivity contribution < 1.29 is 27.6 Å². The summed E-state index contributed by atoms with van der Waals surface area (Å²) < 4.78 is 44.6. The third kappa shape index (κ3) is 6.27. The number of amides is 1. The zero-order valence-corrected chi connectivity index (χ0v) is 20.1. The molecule has 2 aliphatic rings. The van der Waals surface area contributed by atoms with Crippen LogP contribution in [0.1, 0.15) is 24.0 Å². The zero-order chi connectivity index (χ0) is 27.3. The van der Waals surface area contributed by atoms with Crippen molar-refractivity contribution in [3.8, 4) is 6.07 Å². The average Bonchev–Trinajstić information content (AvgIpc) is 3.29. The van der Waals surface area contributed by atoms with Crippen LogP contribution in [-0.2, 0) is 15.7 Å². The molecule has 11 heteroatoms. The fourth-order valence-corrected chi connectivity index (χ4v) is 4.37. The summed E-state index contributed by atoms with van der Waals surface area (Å²) in [7, 11) is 0. The molecule has 1 heterocycles. The van der Waals surface area contributed by atoms with Crippen LogP contribution in [0.3, 0.4) is 0 Å². The van der Waals surface area contributed by atoms with E-state index in [1.807, 2.05) is 12.1 Å². The van der Waals surface area contributed by atoms with Crippen LogP contribution in [0.2, 0.25) is 0 Å². The second-order valence-electron chi connectivity index (χ2n) is 8.69. The number of nitro groups is 1. The number of nitriles is 1. The van der Waals surface area contributed by atoms with Gasteiger partial charge in [-0.2, -0.15) is 18.4 Å². The van der Waals surface area contributed by atoms with Crippen molar-refractivity contribution in [1.29, 1.82) is 5.26 Å². The zero-order valence-electron chi connectivity index (χ0n) is 20.1. The lowest BCUT2D eigenvalue weighted by Crippen LogP contribution is -2.36. The van der Waals surface area contributed by atoms with Crippen LogP contribution in [0.15, 0.2) is 77.0 Å². The SMILES string of the molecule is N#C/C(=C\C1=C(N2CCOCC2)C(=C/c2ccc([N+](=O)[O-])cc2)/CC1)C(=O)Nc1cccc(C(F)(F)F)c1. The van der Waals surface area contributed by atoms with Crippen molar-refractivity contribution in [3.63, 3.8) is 0 Å². The topological polar surface area (TPSA) is 108 Å². The summed E-state index contributed by atoms with van der Waals surface area (Å²) in [5.74, 6) is -0.812. The largest absolute Gasteiger partial charge is 0.416 e. The van der Waals surface area contributed by atoms with E-state index in [2.05, 4.69) is 10.2 Å². The first-order valence-corrected chi connectivity index (χ1v) is 11.8. The minimum absolute atomic E-state index is 0.0171. The van der Waals surface area contributed by atoms with Gasteiger partial charge in [0.05, 0.1) is 23.7 Å². The van der Waals surface area contributed by atoms with Gasteiger partial charge >= 0.3 is 6.18 Å².